The van der Waals surface area contributed by atoms with Crippen LogP contribution < -0.4 is 5.32 Å². The molecule has 1 aromatic heterocycles. The first-order valence-electron chi connectivity index (χ1n) is 6.67. The van der Waals surface area contributed by atoms with Crippen molar-refractivity contribution in [3.05, 3.63) is 22.8 Å². The predicted octanol–water partition coefficient (Wildman–Crippen LogP) is 0.713. The maximum Gasteiger partial charge on any atom is 0.357 e. The van der Waals surface area contributed by atoms with Crippen molar-refractivity contribution in [3.8, 4) is 0 Å². The van der Waals surface area contributed by atoms with E-state index in [4.69, 9.17) is 9.47 Å². The molecule has 1 unspecified atom stereocenters. The maximum atomic E-state index is 11.9. The third-order valence-electron chi connectivity index (χ3n) is 3.43. The summed E-state index contributed by atoms with van der Waals surface area (Å²) in [5, 5.41) is 3.24. The third kappa shape index (κ3) is 2.65. The summed E-state index contributed by atoms with van der Waals surface area (Å²) in [5.41, 5.74) is 2.17. The number of methoxy groups -OCH3 is 1. The second-order valence-corrected chi connectivity index (χ2v) is 5.86. The molecule has 20 heavy (non-hydrogen) atoms. The number of nitrogens with zero attached hydrogens (tertiary/aromatic N) is 2. The fourth-order valence-corrected chi connectivity index (χ4v) is 3.25. The van der Waals surface area contributed by atoms with Crippen LogP contribution in [0, 0.1) is 0 Å². The quantitative estimate of drug-likeness (QED) is 0.806. The summed E-state index contributed by atoms with van der Waals surface area (Å²) in [4.78, 5) is 21.0. The maximum absolute atomic E-state index is 11.9. The Morgan fingerprint density at radius 1 is 1.50 bits per heavy atom. The molecule has 1 aromatic rings. The van der Waals surface area contributed by atoms with E-state index < -0.39 is 5.97 Å². The van der Waals surface area contributed by atoms with Crippen molar-refractivity contribution >= 4 is 17.7 Å². The van der Waals surface area contributed by atoms with Gasteiger partial charge in [0.2, 0.25) is 0 Å². The molecule has 0 bridgehead atoms. The van der Waals surface area contributed by atoms with Crippen LogP contribution >= 0.6 is 11.8 Å². The van der Waals surface area contributed by atoms with Crippen molar-refractivity contribution < 1.29 is 14.3 Å². The standard InChI is InChI=1S/C13H17N3O3S/c1-18-13(17)11-8-6-14-3-2-9(8)15-12(16-11)10-7-20-5-4-19-10/h10,14H,2-7H2,1H3. The lowest BCUT2D eigenvalue weighted by Gasteiger charge is -2.24. The van der Waals surface area contributed by atoms with Gasteiger partial charge in [0.1, 0.15) is 6.10 Å². The number of ether oxygens (including phenoxy) is 2. The number of esters is 1. The zero-order valence-corrected chi connectivity index (χ0v) is 12.2. The van der Waals surface area contributed by atoms with Gasteiger partial charge >= 0.3 is 5.97 Å². The van der Waals surface area contributed by atoms with Gasteiger partial charge in [0.05, 0.1) is 19.4 Å². The summed E-state index contributed by atoms with van der Waals surface area (Å²) in [6.45, 7) is 2.18. The van der Waals surface area contributed by atoms with Gasteiger partial charge < -0.3 is 14.8 Å². The van der Waals surface area contributed by atoms with Gasteiger partial charge in [-0.3, -0.25) is 0 Å². The molecule has 1 atom stereocenters. The largest absolute Gasteiger partial charge is 0.464 e. The number of carbonyl (C=O) groups excluding carboxylic acids is 1. The first kappa shape index (κ1) is 13.8. The van der Waals surface area contributed by atoms with Crippen molar-refractivity contribution in [1.82, 2.24) is 15.3 Å². The summed E-state index contributed by atoms with van der Waals surface area (Å²) in [7, 11) is 1.37. The molecule has 6 nitrogen and oxygen atoms in total. The molecular weight excluding hydrogens is 278 g/mol. The number of thioether (sulfide) groups is 1. The molecule has 2 aliphatic heterocycles. The Hall–Kier alpha value is -1.18. The molecule has 7 heteroatoms. The summed E-state index contributed by atoms with van der Waals surface area (Å²) < 4.78 is 10.6. The van der Waals surface area contributed by atoms with Gasteiger partial charge in [0.15, 0.2) is 11.5 Å². The number of carbonyl (C=O) groups is 1. The van der Waals surface area contributed by atoms with E-state index in [9.17, 15) is 4.79 Å². The van der Waals surface area contributed by atoms with E-state index >= 15 is 0 Å². The second-order valence-electron chi connectivity index (χ2n) is 4.71. The van der Waals surface area contributed by atoms with Crippen molar-refractivity contribution in [3.63, 3.8) is 0 Å². The van der Waals surface area contributed by atoms with Crippen LogP contribution in [0.25, 0.3) is 0 Å². The topological polar surface area (TPSA) is 73.3 Å². The molecule has 1 fully saturated rings. The van der Waals surface area contributed by atoms with Gasteiger partial charge in [-0.15, -0.1) is 0 Å². The molecule has 0 radical (unpaired) electrons. The molecule has 1 N–H and O–H groups in total. The van der Waals surface area contributed by atoms with Crippen LogP contribution in [0.15, 0.2) is 0 Å². The minimum Gasteiger partial charge on any atom is -0.464 e. The minimum absolute atomic E-state index is 0.127. The van der Waals surface area contributed by atoms with Crippen molar-refractivity contribution in [2.75, 3.05) is 31.8 Å². The summed E-state index contributed by atoms with van der Waals surface area (Å²) in [5.74, 6) is 2.03. The van der Waals surface area contributed by atoms with Gasteiger partial charge in [-0.25, -0.2) is 14.8 Å². The lowest BCUT2D eigenvalue weighted by atomic mass is 10.0. The number of fused-ring (bicyclic) bond motifs is 1. The molecule has 3 heterocycles. The van der Waals surface area contributed by atoms with E-state index in [0.29, 0.717) is 24.7 Å². The molecule has 0 aromatic carbocycles. The smallest absolute Gasteiger partial charge is 0.357 e. The average Bonchev–Trinajstić information content (AvgIpc) is 2.54. The highest BCUT2D eigenvalue weighted by atomic mass is 32.2. The Morgan fingerprint density at radius 3 is 3.15 bits per heavy atom. The van der Waals surface area contributed by atoms with Gasteiger partial charge in [0.25, 0.3) is 0 Å². The number of aromatic nitrogens is 2. The van der Waals surface area contributed by atoms with E-state index in [1.165, 1.54) is 7.11 Å². The molecule has 108 valence electrons. The SMILES string of the molecule is COC(=O)c1nc(C2CSCCO2)nc2c1CNCC2. The number of nitrogens with one attached hydrogen (secondary N) is 1. The van der Waals surface area contributed by atoms with Crippen molar-refractivity contribution in [2.24, 2.45) is 0 Å². The Morgan fingerprint density at radius 2 is 2.40 bits per heavy atom. The molecule has 0 saturated carbocycles. The second kappa shape index (κ2) is 6.07. The van der Waals surface area contributed by atoms with Gasteiger partial charge in [0, 0.05) is 36.6 Å². The summed E-state index contributed by atoms with van der Waals surface area (Å²) >= 11 is 1.82. The van der Waals surface area contributed by atoms with Crippen molar-refractivity contribution in [2.45, 2.75) is 19.1 Å². The third-order valence-corrected chi connectivity index (χ3v) is 4.43. The normalized spacial score (nSPS) is 22.1. The van der Waals surface area contributed by atoms with E-state index in [1.54, 1.807) is 0 Å². The van der Waals surface area contributed by atoms with Crippen LogP contribution in [0.2, 0.25) is 0 Å². The van der Waals surface area contributed by atoms with Crippen LogP contribution in [0.5, 0.6) is 0 Å². The molecule has 0 amide bonds. The number of rotatable bonds is 2. The van der Waals surface area contributed by atoms with E-state index in [1.807, 2.05) is 11.8 Å². The van der Waals surface area contributed by atoms with Gasteiger partial charge in [-0.1, -0.05) is 0 Å². The lowest BCUT2D eigenvalue weighted by molar-refractivity contribution is 0.0579. The highest BCUT2D eigenvalue weighted by molar-refractivity contribution is 7.99. The van der Waals surface area contributed by atoms with Gasteiger partial charge in [-0.2, -0.15) is 11.8 Å². The molecule has 3 rings (SSSR count). The summed E-state index contributed by atoms with van der Waals surface area (Å²) in [6.07, 6.45) is 0.673. The fourth-order valence-electron chi connectivity index (χ4n) is 2.41. The van der Waals surface area contributed by atoms with E-state index in [2.05, 4.69) is 15.3 Å². The fraction of sp³-hybridized carbons (Fsp3) is 0.615. The summed E-state index contributed by atoms with van der Waals surface area (Å²) in [6, 6.07) is 0. The Labute approximate surface area is 121 Å². The Kier molecular flexibility index (Phi) is 4.18. The highest BCUT2D eigenvalue weighted by Gasteiger charge is 2.26. The lowest BCUT2D eigenvalue weighted by Crippen LogP contribution is -2.30. The molecule has 1 saturated heterocycles. The highest BCUT2D eigenvalue weighted by Crippen LogP contribution is 2.26. The van der Waals surface area contributed by atoms with Crippen LogP contribution in [0.3, 0.4) is 0 Å². The zero-order valence-electron chi connectivity index (χ0n) is 11.3. The number of hydrogen-bond donors (Lipinski definition) is 1. The van der Waals surface area contributed by atoms with E-state index in [0.717, 1.165) is 35.7 Å². The predicted molar refractivity (Wildman–Crippen MR) is 74.8 cm³/mol. The first-order chi connectivity index (χ1) is 9.79. The van der Waals surface area contributed by atoms with Crippen LogP contribution in [0.4, 0.5) is 0 Å². The van der Waals surface area contributed by atoms with Crippen LogP contribution in [-0.2, 0) is 22.4 Å². The zero-order chi connectivity index (χ0) is 13.9. The molecular formula is C13H17N3O3S. The average molecular weight is 295 g/mol. The Bertz CT molecular complexity index is 518. The molecule has 0 aliphatic carbocycles. The van der Waals surface area contributed by atoms with E-state index in [-0.39, 0.29) is 6.10 Å². The molecule has 0 spiro atoms. The van der Waals surface area contributed by atoms with Gasteiger partial charge in [-0.05, 0) is 0 Å². The monoisotopic (exact) mass is 295 g/mol. The Balaban J connectivity index is 2.00. The molecule has 2 aliphatic rings. The van der Waals surface area contributed by atoms with Crippen LogP contribution in [0.1, 0.15) is 33.7 Å². The minimum atomic E-state index is -0.405. The number of hydrogen-bond acceptors (Lipinski definition) is 7. The first-order valence-corrected chi connectivity index (χ1v) is 7.83. The van der Waals surface area contributed by atoms with Crippen LogP contribution in [-0.4, -0.2) is 47.7 Å². The van der Waals surface area contributed by atoms with Crippen molar-refractivity contribution in [1.29, 1.82) is 0 Å².